The molecule has 4 aromatic rings. The van der Waals surface area contributed by atoms with Gasteiger partial charge in [-0.15, -0.1) is 0 Å². The molecule has 4 amide bonds. The van der Waals surface area contributed by atoms with E-state index in [4.69, 9.17) is 4.74 Å². The molecule has 6 N–H and O–H groups in total. The molecule has 0 bridgehead atoms. The van der Waals surface area contributed by atoms with Crippen molar-refractivity contribution in [3.05, 3.63) is 76.2 Å². The summed E-state index contributed by atoms with van der Waals surface area (Å²) in [7, 11) is 0. The van der Waals surface area contributed by atoms with Gasteiger partial charge in [0.05, 0.1) is 5.52 Å². The van der Waals surface area contributed by atoms with Gasteiger partial charge < -0.3 is 36.0 Å². The number of alkyl carbamates (subject to hydrolysis) is 1. The van der Waals surface area contributed by atoms with Crippen molar-refractivity contribution in [2.45, 2.75) is 116 Å². The minimum atomic E-state index is -0.923. The summed E-state index contributed by atoms with van der Waals surface area (Å²) in [5.41, 5.74) is 3.06. The third-order valence-corrected chi connectivity index (χ3v) is 9.78. The van der Waals surface area contributed by atoms with Gasteiger partial charge >= 0.3 is 6.09 Å². The molecule has 284 valence electrons. The summed E-state index contributed by atoms with van der Waals surface area (Å²) in [6.07, 6.45) is 9.32. The summed E-state index contributed by atoms with van der Waals surface area (Å²) in [5.74, 6) is -0.750. The summed E-state index contributed by atoms with van der Waals surface area (Å²) in [6.45, 7) is 7.57. The Bertz CT molecular complexity index is 1950. The van der Waals surface area contributed by atoms with E-state index < -0.39 is 35.6 Å². The molecule has 2 atom stereocenters. The van der Waals surface area contributed by atoms with Crippen molar-refractivity contribution in [3.8, 4) is 0 Å². The molecule has 1 aliphatic carbocycles. The first-order chi connectivity index (χ1) is 25.3. The largest absolute Gasteiger partial charge is 0.444 e. The van der Waals surface area contributed by atoms with Gasteiger partial charge in [0.2, 0.25) is 23.3 Å². The number of ether oxygens (including phenoxy) is 1. The second kappa shape index (κ2) is 18.1. The van der Waals surface area contributed by atoms with Crippen molar-refractivity contribution in [1.29, 1.82) is 0 Å². The molecular formula is C41H54N6O6. The van der Waals surface area contributed by atoms with E-state index in [-0.39, 0.29) is 17.9 Å². The molecule has 2 aromatic carbocycles. The molecule has 2 heterocycles. The maximum Gasteiger partial charge on any atom is 0.407 e. The van der Waals surface area contributed by atoms with E-state index in [0.717, 1.165) is 59.5 Å². The number of rotatable bonds is 15. The van der Waals surface area contributed by atoms with Crippen LogP contribution in [0.4, 0.5) is 10.5 Å². The van der Waals surface area contributed by atoms with Crippen LogP contribution in [-0.2, 0) is 25.5 Å². The van der Waals surface area contributed by atoms with Crippen LogP contribution in [0.3, 0.4) is 0 Å². The van der Waals surface area contributed by atoms with E-state index in [1.807, 2.05) is 43.5 Å². The lowest BCUT2D eigenvalue weighted by molar-refractivity contribution is -0.131. The molecule has 1 aliphatic rings. The van der Waals surface area contributed by atoms with E-state index in [1.54, 1.807) is 32.9 Å². The molecule has 1 saturated carbocycles. The predicted molar refractivity (Wildman–Crippen MR) is 208 cm³/mol. The first-order valence-corrected chi connectivity index (χ1v) is 18.9. The number of hydrogen-bond acceptors (Lipinski definition) is 6. The van der Waals surface area contributed by atoms with E-state index >= 15 is 0 Å². The first kappa shape index (κ1) is 39.1. The zero-order valence-electron chi connectivity index (χ0n) is 31.4. The maximum atomic E-state index is 14.1. The van der Waals surface area contributed by atoms with Gasteiger partial charge in [0, 0.05) is 47.2 Å². The summed E-state index contributed by atoms with van der Waals surface area (Å²) in [5, 5.41) is 13.6. The smallest absolute Gasteiger partial charge is 0.407 e. The Morgan fingerprint density at radius 1 is 0.887 bits per heavy atom. The van der Waals surface area contributed by atoms with Crippen molar-refractivity contribution in [2.24, 2.45) is 5.92 Å². The Kier molecular flexibility index (Phi) is 13.3. The fraction of sp³-hybridized carbons (Fsp3) is 0.488. The minimum absolute atomic E-state index is 0.217. The highest BCUT2D eigenvalue weighted by Gasteiger charge is 2.30. The summed E-state index contributed by atoms with van der Waals surface area (Å²) in [6, 6.07) is 13.0. The van der Waals surface area contributed by atoms with Crippen molar-refractivity contribution in [1.82, 2.24) is 25.9 Å². The van der Waals surface area contributed by atoms with Crippen LogP contribution >= 0.6 is 0 Å². The summed E-state index contributed by atoms with van der Waals surface area (Å²) >= 11 is 0. The Hall–Kier alpha value is -5.13. The van der Waals surface area contributed by atoms with E-state index in [2.05, 4.69) is 31.2 Å². The van der Waals surface area contributed by atoms with Crippen LogP contribution in [0.1, 0.15) is 96.1 Å². The lowest BCUT2D eigenvalue weighted by Gasteiger charge is -2.28. The van der Waals surface area contributed by atoms with Crippen LogP contribution in [-0.4, -0.2) is 58.0 Å². The van der Waals surface area contributed by atoms with Gasteiger partial charge in [-0.3, -0.25) is 19.2 Å². The third-order valence-electron chi connectivity index (χ3n) is 9.78. The number of aryl methyl sites for hydroxylation is 2. The number of amides is 4. The van der Waals surface area contributed by atoms with Gasteiger partial charge in [-0.2, -0.15) is 0 Å². The van der Waals surface area contributed by atoms with Gasteiger partial charge in [-0.05, 0) is 95.0 Å². The SMILES string of the molecule is Cc1cc(=O)[nH]c2cc(NC(=O)[C@H](CCCCNC(=O)OC(C)(C)C)NC(=O)[C@H](CC3CCCCC3)NC(=O)CCc3c[nH]c4ccccc34)ccc12. The van der Waals surface area contributed by atoms with Gasteiger partial charge in [0.1, 0.15) is 17.7 Å². The van der Waals surface area contributed by atoms with Crippen LogP contribution in [0, 0.1) is 12.8 Å². The highest BCUT2D eigenvalue weighted by atomic mass is 16.6. The molecule has 12 heteroatoms. The topological polar surface area (TPSA) is 174 Å². The van der Waals surface area contributed by atoms with Crippen LogP contribution in [0.15, 0.2) is 59.5 Å². The normalized spacial score (nSPS) is 14.7. The lowest BCUT2D eigenvalue weighted by Crippen LogP contribution is -2.53. The fourth-order valence-corrected chi connectivity index (χ4v) is 7.10. The first-order valence-electron chi connectivity index (χ1n) is 18.9. The van der Waals surface area contributed by atoms with Crippen LogP contribution in [0.2, 0.25) is 0 Å². The van der Waals surface area contributed by atoms with Gasteiger partial charge in [0.25, 0.3) is 0 Å². The Labute approximate surface area is 310 Å². The maximum absolute atomic E-state index is 14.1. The number of benzene rings is 2. The molecule has 12 nitrogen and oxygen atoms in total. The quantitative estimate of drug-likeness (QED) is 0.0761. The van der Waals surface area contributed by atoms with Crippen molar-refractivity contribution < 1.29 is 23.9 Å². The molecule has 0 spiro atoms. The number of carbonyl (C=O) groups excluding carboxylic acids is 4. The zero-order valence-corrected chi connectivity index (χ0v) is 31.4. The molecule has 0 unspecified atom stereocenters. The number of carbonyl (C=O) groups is 4. The number of nitrogens with one attached hydrogen (secondary N) is 6. The highest BCUT2D eigenvalue weighted by Crippen LogP contribution is 2.28. The van der Waals surface area contributed by atoms with E-state index in [0.29, 0.717) is 55.8 Å². The number of para-hydroxylation sites is 1. The van der Waals surface area contributed by atoms with Gasteiger partial charge in [-0.25, -0.2) is 4.79 Å². The second-order valence-corrected chi connectivity index (χ2v) is 15.3. The average molecular weight is 727 g/mol. The molecule has 0 saturated heterocycles. The molecule has 0 radical (unpaired) electrons. The summed E-state index contributed by atoms with van der Waals surface area (Å²) in [4.78, 5) is 71.6. The number of fused-ring (bicyclic) bond motifs is 2. The fourth-order valence-electron chi connectivity index (χ4n) is 7.10. The number of hydrogen-bond donors (Lipinski definition) is 6. The molecular weight excluding hydrogens is 672 g/mol. The molecule has 1 fully saturated rings. The molecule has 5 rings (SSSR count). The van der Waals surface area contributed by atoms with Crippen molar-refractivity contribution >= 4 is 51.3 Å². The summed E-state index contributed by atoms with van der Waals surface area (Å²) < 4.78 is 5.32. The standard InChI is InChI=1S/C41H54N6O6/c1-26-22-37(49)45-34-24-29(18-19-30(26)34)44-38(50)33(16-10-11-21-42-40(52)53-41(2,3)4)47-39(51)35(23-27-12-6-5-7-13-27)46-36(48)20-17-28-25-43-32-15-9-8-14-31(28)32/h8-9,14-15,18-19,22,24-25,27,33,35,43H,5-7,10-13,16-17,20-21,23H2,1-4H3,(H,42,52)(H,44,50)(H,45,49)(H,46,48)(H,47,51)/t33-,35-/m0/s1. The van der Waals surface area contributed by atoms with E-state index in [1.165, 1.54) is 6.07 Å². The average Bonchev–Trinajstić information content (AvgIpc) is 3.52. The third kappa shape index (κ3) is 11.7. The van der Waals surface area contributed by atoms with Crippen LogP contribution < -0.4 is 26.8 Å². The van der Waals surface area contributed by atoms with Crippen LogP contribution in [0.25, 0.3) is 21.8 Å². The zero-order chi connectivity index (χ0) is 38.0. The van der Waals surface area contributed by atoms with Gasteiger partial charge in [-0.1, -0.05) is 56.4 Å². The Balaban J connectivity index is 1.28. The molecule has 0 aliphatic heterocycles. The number of unbranched alkanes of at least 4 members (excludes halogenated alkanes) is 1. The number of H-pyrrole nitrogens is 2. The second-order valence-electron chi connectivity index (χ2n) is 15.3. The number of aromatic nitrogens is 2. The number of pyridine rings is 1. The van der Waals surface area contributed by atoms with Gasteiger partial charge in [0.15, 0.2) is 0 Å². The van der Waals surface area contributed by atoms with Crippen molar-refractivity contribution in [3.63, 3.8) is 0 Å². The molecule has 53 heavy (non-hydrogen) atoms. The lowest BCUT2D eigenvalue weighted by atomic mass is 9.84. The monoisotopic (exact) mass is 726 g/mol. The molecule has 2 aromatic heterocycles. The predicted octanol–water partition coefficient (Wildman–Crippen LogP) is 6.52. The number of anilines is 1. The Morgan fingerprint density at radius 2 is 1.66 bits per heavy atom. The highest BCUT2D eigenvalue weighted by molar-refractivity contribution is 5.99. The minimum Gasteiger partial charge on any atom is -0.444 e. The van der Waals surface area contributed by atoms with Crippen LogP contribution in [0.5, 0.6) is 0 Å². The van der Waals surface area contributed by atoms with E-state index in [9.17, 15) is 24.0 Å². The number of aromatic amines is 2. The Morgan fingerprint density at radius 3 is 2.43 bits per heavy atom. The van der Waals surface area contributed by atoms with Crippen molar-refractivity contribution in [2.75, 3.05) is 11.9 Å².